The van der Waals surface area contributed by atoms with Crippen LogP contribution in [0.3, 0.4) is 0 Å². The van der Waals surface area contributed by atoms with Gasteiger partial charge in [-0.3, -0.25) is 14.2 Å². The van der Waals surface area contributed by atoms with Gasteiger partial charge in [-0.05, 0) is 30.5 Å². The fourth-order valence-corrected chi connectivity index (χ4v) is 5.03. The molecule has 2 aromatic carbocycles. The molecule has 7 nitrogen and oxygen atoms in total. The second kappa shape index (κ2) is 10.9. The lowest BCUT2D eigenvalue weighted by molar-refractivity contribution is -0.130. The van der Waals surface area contributed by atoms with Gasteiger partial charge in [0.25, 0.3) is 0 Å². The number of thioether (sulfide) groups is 1. The van der Waals surface area contributed by atoms with Crippen molar-refractivity contribution in [1.29, 1.82) is 0 Å². The van der Waals surface area contributed by atoms with Gasteiger partial charge in [-0.15, -0.1) is 10.2 Å². The van der Waals surface area contributed by atoms with E-state index in [1.807, 2.05) is 64.1 Å². The van der Waals surface area contributed by atoms with Crippen molar-refractivity contribution in [3.8, 4) is 11.4 Å². The number of aromatic nitrogens is 3. The van der Waals surface area contributed by atoms with Gasteiger partial charge in [-0.25, -0.2) is 0 Å². The smallest absolute Gasteiger partial charge is 0.233 e. The van der Waals surface area contributed by atoms with Crippen LogP contribution in [0.25, 0.3) is 11.4 Å². The van der Waals surface area contributed by atoms with E-state index in [9.17, 15) is 9.59 Å². The Morgan fingerprint density at radius 3 is 2.64 bits per heavy atom. The second-order valence-electron chi connectivity index (χ2n) is 8.03. The van der Waals surface area contributed by atoms with Gasteiger partial charge in [-0.2, -0.15) is 0 Å². The summed E-state index contributed by atoms with van der Waals surface area (Å²) in [6, 6.07) is 17.6. The molecule has 33 heavy (non-hydrogen) atoms. The standard InChI is InChI=1S/C24H26ClN5O2S/c1-17(31)26-19-10-7-13-29(15-19)22(32)16-33-24-28-27-23(20-11-5-6-12-21(20)25)30(24)14-18-8-3-2-4-9-18/h2-6,8-9,11-12,19H,7,10,13-16H2,1H3,(H,26,31). The Labute approximate surface area is 202 Å². The van der Waals surface area contributed by atoms with Crippen LogP contribution in [-0.2, 0) is 16.1 Å². The first-order valence-corrected chi connectivity index (χ1v) is 12.3. The van der Waals surface area contributed by atoms with Crippen LogP contribution in [0.2, 0.25) is 5.02 Å². The third kappa shape index (κ3) is 5.94. The molecule has 1 N–H and O–H groups in total. The van der Waals surface area contributed by atoms with Gasteiger partial charge in [0.2, 0.25) is 11.8 Å². The summed E-state index contributed by atoms with van der Waals surface area (Å²) < 4.78 is 2.00. The molecule has 0 spiro atoms. The van der Waals surface area contributed by atoms with Crippen molar-refractivity contribution in [2.45, 2.75) is 37.5 Å². The number of amides is 2. The van der Waals surface area contributed by atoms with E-state index >= 15 is 0 Å². The Morgan fingerprint density at radius 2 is 1.88 bits per heavy atom. The van der Waals surface area contributed by atoms with Crippen LogP contribution in [0.5, 0.6) is 0 Å². The molecule has 1 fully saturated rings. The van der Waals surface area contributed by atoms with Crippen LogP contribution in [0.1, 0.15) is 25.3 Å². The minimum Gasteiger partial charge on any atom is -0.352 e. The topological polar surface area (TPSA) is 80.1 Å². The molecular formula is C24H26ClN5O2S. The number of hydrogen-bond donors (Lipinski definition) is 1. The molecule has 0 aliphatic carbocycles. The molecule has 0 radical (unpaired) electrons. The number of nitrogens with zero attached hydrogens (tertiary/aromatic N) is 4. The maximum Gasteiger partial charge on any atom is 0.233 e. The summed E-state index contributed by atoms with van der Waals surface area (Å²) >= 11 is 7.82. The average molecular weight is 484 g/mol. The molecule has 172 valence electrons. The first-order chi connectivity index (χ1) is 16.0. The van der Waals surface area contributed by atoms with E-state index in [0.29, 0.717) is 35.6 Å². The lowest BCUT2D eigenvalue weighted by Gasteiger charge is -2.33. The van der Waals surface area contributed by atoms with Crippen LogP contribution in [0.4, 0.5) is 0 Å². The molecule has 1 atom stereocenters. The largest absolute Gasteiger partial charge is 0.352 e. The molecule has 0 saturated carbocycles. The van der Waals surface area contributed by atoms with Gasteiger partial charge in [0, 0.05) is 31.6 Å². The summed E-state index contributed by atoms with van der Waals surface area (Å²) in [6.45, 7) is 3.32. The molecule has 4 rings (SSSR count). The van der Waals surface area contributed by atoms with E-state index < -0.39 is 0 Å². The van der Waals surface area contributed by atoms with E-state index in [1.165, 1.54) is 18.7 Å². The second-order valence-corrected chi connectivity index (χ2v) is 9.38. The zero-order valence-corrected chi connectivity index (χ0v) is 20.0. The summed E-state index contributed by atoms with van der Waals surface area (Å²) in [5.74, 6) is 0.888. The van der Waals surface area contributed by atoms with Gasteiger partial charge in [0.1, 0.15) is 0 Å². The lowest BCUT2D eigenvalue weighted by Crippen LogP contribution is -2.49. The van der Waals surface area contributed by atoms with Crippen molar-refractivity contribution in [1.82, 2.24) is 25.0 Å². The van der Waals surface area contributed by atoms with Gasteiger partial charge >= 0.3 is 0 Å². The highest BCUT2D eigenvalue weighted by Gasteiger charge is 2.25. The first kappa shape index (κ1) is 23.3. The molecule has 9 heteroatoms. The van der Waals surface area contributed by atoms with Crippen molar-refractivity contribution in [2.75, 3.05) is 18.8 Å². The summed E-state index contributed by atoms with van der Waals surface area (Å²) in [6.07, 6.45) is 1.77. The number of halogens is 1. The highest BCUT2D eigenvalue weighted by Crippen LogP contribution is 2.30. The Hall–Kier alpha value is -2.84. The number of benzene rings is 2. The minimum atomic E-state index is -0.0650. The number of likely N-dealkylation sites (tertiary alicyclic amines) is 1. The molecule has 2 heterocycles. The number of carbonyl (C=O) groups is 2. The normalized spacial score (nSPS) is 15.9. The van der Waals surface area contributed by atoms with Crippen LogP contribution in [-0.4, -0.2) is 56.4 Å². The zero-order valence-electron chi connectivity index (χ0n) is 18.4. The fraction of sp³-hybridized carbons (Fsp3) is 0.333. The molecule has 1 saturated heterocycles. The molecule has 1 unspecified atom stereocenters. The Balaban J connectivity index is 1.52. The van der Waals surface area contributed by atoms with E-state index in [1.54, 1.807) is 0 Å². The predicted molar refractivity (Wildman–Crippen MR) is 130 cm³/mol. The summed E-state index contributed by atoms with van der Waals surface area (Å²) in [5.41, 5.74) is 1.91. The van der Waals surface area contributed by atoms with Crippen molar-refractivity contribution in [3.63, 3.8) is 0 Å². The highest BCUT2D eigenvalue weighted by atomic mass is 35.5. The van der Waals surface area contributed by atoms with Crippen molar-refractivity contribution < 1.29 is 9.59 Å². The molecule has 1 aliphatic heterocycles. The van der Waals surface area contributed by atoms with E-state index in [-0.39, 0.29) is 23.6 Å². The Bertz CT molecular complexity index is 1120. The summed E-state index contributed by atoms with van der Waals surface area (Å²) in [4.78, 5) is 26.1. The van der Waals surface area contributed by atoms with E-state index in [2.05, 4.69) is 15.5 Å². The van der Waals surface area contributed by atoms with Crippen LogP contribution in [0, 0.1) is 0 Å². The highest BCUT2D eigenvalue weighted by molar-refractivity contribution is 7.99. The number of piperidine rings is 1. The predicted octanol–water partition coefficient (Wildman–Crippen LogP) is 3.87. The molecule has 1 aliphatic rings. The van der Waals surface area contributed by atoms with Crippen LogP contribution < -0.4 is 5.32 Å². The molecule has 0 bridgehead atoms. The number of carbonyl (C=O) groups excluding carboxylic acids is 2. The quantitative estimate of drug-likeness (QED) is 0.516. The molecule has 1 aromatic heterocycles. The Morgan fingerprint density at radius 1 is 1.12 bits per heavy atom. The van der Waals surface area contributed by atoms with Crippen molar-refractivity contribution in [3.05, 3.63) is 65.2 Å². The summed E-state index contributed by atoms with van der Waals surface area (Å²) in [5, 5.41) is 13.0. The fourth-order valence-electron chi connectivity index (χ4n) is 3.97. The van der Waals surface area contributed by atoms with Crippen molar-refractivity contribution in [2.24, 2.45) is 0 Å². The third-order valence-electron chi connectivity index (χ3n) is 5.52. The minimum absolute atomic E-state index is 0.0127. The van der Waals surface area contributed by atoms with E-state index in [0.717, 1.165) is 24.0 Å². The van der Waals surface area contributed by atoms with Gasteiger partial charge in [0.05, 0.1) is 17.3 Å². The van der Waals surface area contributed by atoms with Crippen LogP contribution >= 0.6 is 23.4 Å². The monoisotopic (exact) mass is 483 g/mol. The lowest BCUT2D eigenvalue weighted by atomic mass is 10.1. The molecular weight excluding hydrogens is 458 g/mol. The maximum absolute atomic E-state index is 12.9. The number of rotatable bonds is 7. The SMILES string of the molecule is CC(=O)NC1CCCN(C(=O)CSc2nnc(-c3ccccc3Cl)n2Cc2ccccc2)C1. The third-order valence-corrected chi connectivity index (χ3v) is 6.80. The van der Waals surface area contributed by atoms with Gasteiger partial charge in [-0.1, -0.05) is 65.8 Å². The van der Waals surface area contributed by atoms with Crippen LogP contribution in [0.15, 0.2) is 59.8 Å². The summed E-state index contributed by atoms with van der Waals surface area (Å²) in [7, 11) is 0. The molecule has 3 aromatic rings. The number of nitrogens with one attached hydrogen (secondary N) is 1. The molecule has 2 amide bonds. The average Bonchev–Trinajstić information content (AvgIpc) is 3.20. The Kier molecular flexibility index (Phi) is 7.67. The van der Waals surface area contributed by atoms with Gasteiger partial charge < -0.3 is 10.2 Å². The maximum atomic E-state index is 12.9. The number of hydrogen-bond acceptors (Lipinski definition) is 5. The van der Waals surface area contributed by atoms with E-state index in [4.69, 9.17) is 11.6 Å². The van der Waals surface area contributed by atoms with Gasteiger partial charge in [0.15, 0.2) is 11.0 Å². The first-order valence-electron chi connectivity index (χ1n) is 10.9. The van der Waals surface area contributed by atoms with Crippen molar-refractivity contribution >= 4 is 35.2 Å². The zero-order chi connectivity index (χ0) is 23.2.